The van der Waals surface area contributed by atoms with Gasteiger partial charge in [0.05, 0.1) is 41.3 Å². The van der Waals surface area contributed by atoms with Crippen LogP contribution in [0.15, 0.2) is 72.8 Å². The number of carbonyl (C=O) groups excluding carboxylic acids is 3. The summed E-state index contributed by atoms with van der Waals surface area (Å²) in [5.74, 6) is -6.41. The molecule has 6 nitrogen and oxygen atoms in total. The molecule has 2 heterocycles. The monoisotopic (exact) mass is 580 g/mol. The van der Waals surface area contributed by atoms with E-state index in [0.717, 1.165) is 84.8 Å². The number of esters is 1. The minimum absolute atomic E-state index is 0.0197. The molecule has 3 atom stereocenters. The van der Waals surface area contributed by atoms with Crippen molar-refractivity contribution in [1.29, 1.82) is 0 Å². The summed E-state index contributed by atoms with van der Waals surface area (Å²) in [5.41, 5.74) is -4.09. The van der Waals surface area contributed by atoms with Gasteiger partial charge >= 0.3 is 18.3 Å². The number of halogens is 7. The second-order valence-corrected chi connectivity index (χ2v) is 9.60. The summed E-state index contributed by atoms with van der Waals surface area (Å²) in [6.07, 6.45) is -9.45. The van der Waals surface area contributed by atoms with Gasteiger partial charge in [0, 0.05) is 0 Å². The highest BCUT2D eigenvalue weighted by Crippen LogP contribution is 2.53. The number of anilines is 1. The number of imide groups is 1. The van der Waals surface area contributed by atoms with E-state index in [1.807, 2.05) is 0 Å². The van der Waals surface area contributed by atoms with E-state index < -0.39 is 70.5 Å². The molecule has 0 aromatic heterocycles. The van der Waals surface area contributed by atoms with Gasteiger partial charge in [-0.15, -0.1) is 0 Å². The Morgan fingerprint density at radius 3 is 1.66 bits per heavy atom. The first-order valence-corrected chi connectivity index (χ1v) is 12.0. The van der Waals surface area contributed by atoms with E-state index >= 15 is 0 Å². The van der Waals surface area contributed by atoms with Gasteiger partial charge in [0.1, 0.15) is 11.9 Å². The summed E-state index contributed by atoms with van der Waals surface area (Å²) in [7, 11) is 1.02. The van der Waals surface area contributed by atoms with Gasteiger partial charge in [-0.2, -0.15) is 26.3 Å². The van der Waals surface area contributed by atoms with E-state index in [2.05, 4.69) is 5.32 Å². The second-order valence-electron chi connectivity index (χ2n) is 9.60. The molecule has 3 aromatic rings. The largest absolute Gasteiger partial charge is 0.468 e. The van der Waals surface area contributed by atoms with E-state index in [4.69, 9.17) is 4.74 Å². The lowest BCUT2D eigenvalue weighted by atomic mass is 9.71. The molecule has 0 saturated carbocycles. The van der Waals surface area contributed by atoms with Crippen molar-refractivity contribution in [2.75, 3.05) is 12.0 Å². The fraction of sp³-hybridized carbons (Fsp3) is 0.250. The number of benzene rings is 3. The second kappa shape index (κ2) is 9.68. The lowest BCUT2D eigenvalue weighted by molar-refractivity contribution is -0.145. The fourth-order valence-corrected chi connectivity index (χ4v) is 5.62. The highest BCUT2D eigenvalue weighted by molar-refractivity contribution is 6.24. The van der Waals surface area contributed by atoms with Gasteiger partial charge < -0.3 is 4.74 Å². The van der Waals surface area contributed by atoms with Gasteiger partial charge in [-0.1, -0.05) is 24.3 Å². The molecular weight excluding hydrogens is 561 g/mol. The highest BCUT2D eigenvalue weighted by Gasteiger charge is 2.68. The van der Waals surface area contributed by atoms with Gasteiger partial charge in [-0.25, -0.2) is 9.29 Å². The number of carbonyl (C=O) groups is 3. The maximum absolute atomic E-state index is 14.0. The van der Waals surface area contributed by atoms with E-state index in [9.17, 15) is 45.1 Å². The first-order valence-electron chi connectivity index (χ1n) is 12.0. The molecule has 0 bridgehead atoms. The molecule has 3 aromatic carbocycles. The van der Waals surface area contributed by atoms with Crippen LogP contribution in [0.1, 0.15) is 22.3 Å². The van der Waals surface area contributed by atoms with E-state index in [1.165, 1.54) is 0 Å². The van der Waals surface area contributed by atoms with E-state index in [-0.39, 0.29) is 16.8 Å². The lowest BCUT2D eigenvalue weighted by Crippen LogP contribution is -2.52. The van der Waals surface area contributed by atoms with Crippen LogP contribution >= 0.6 is 0 Å². The van der Waals surface area contributed by atoms with Crippen molar-refractivity contribution in [3.8, 4) is 0 Å². The molecule has 2 saturated heterocycles. The molecule has 2 aliphatic heterocycles. The molecule has 214 valence electrons. The number of alkyl halides is 6. The standard InChI is InChI=1S/C28H19F7N2O4/c1-41-25(40)22-20-21(24(39)37(23(20)38)19-12-10-18(29)11-13-19)26(36-22,14-2-6-16(7-3-14)27(30,31)32)15-4-8-17(9-5-15)28(33,34)35/h2-13,20-22,36H,1H3/t20-,21-,22+/m0/s1. The summed E-state index contributed by atoms with van der Waals surface area (Å²) in [5, 5.41) is 2.88. The predicted octanol–water partition coefficient (Wildman–Crippen LogP) is 5.06. The number of ether oxygens (including phenoxy) is 1. The Morgan fingerprint density at radius 2 is 1.24 bits per heavy atom. The molecule has 2 amide bonds. The zero-order valence-corrected chi connectivity index (χ0v) is 20.9. The Hall–Kier alpha value is -4.26. The molecule has 0 radical (unpaired) electrons. The quantitative estimate of drug-likeness (QED) is 0.266. The third kappa shape index (κ3) is 4.53. The summed E-state index contributed by atoms with van der Waals surface area (Å²) in [4.78, 5) is 41.3. The first kappa shape index (κ1) is 28.3. The molecule has 0 unspecified atom stereocenters. The van der Waals surface area contributed by atoms with Gasteiger partial charge in [0.15, 0.2) is 0 Å². The molecule has 13 heteroatoms. The van der Waals surface area contributed by atoms with Crippen molar-refractivity contribution in [3.05, 3.63) is 101 Å². The smallest absolute Gasteiger partial charge is 0.416 e. The maximum atomic E-state index is 14.0. The molecule has 0 aliphatic carbocycles. The lowest BCUT2D eigenvalue weighted by Gasteiger charge is -2.36. The minimum atomic E-state index is -4.72. The Bertz CT molecular complexity index is 1440. The number of nitrogens with zero attached hydrogens (tertiary/aromatic N) is 1. The summed E-state index contributed by atoms with van der Waals surface area (Å²) < 4.78 is 98.6. The van der Waals surface area contributed by atoms with Crippen LogP contribution in [-0.2, 0) is 37.0 Å². The topological polar surface area (TPSA) is 75.7 Å². The highest BCUT2D eigenvalue weighted by atomic mass is 19.4. The predicted molar refractivity (Wildman–Crippen MR) is 128 cm³/mol. The van der Waals surface area contributed by atoms with Crippen molar-refractivity contribution < 1.29 is 49.9 Å². The number of fused-ring (bicyclic) bond motifs is 1. The summed E-state index contributed by atoms with van der Waals surface area (Å²) in [6, 6.07) is 9.81. The van der Waals surface area contributed by atoms with Gasteiger partial charge in [0.2, 0.25) is 11.8 Å². The molecule has 0 spiro atoms. The number of rotatable bonds is 4. The molecular formula is C28H19F7N2O4. The molecule has 41 heavy (non-hydrogen) atoms. The van der Waals surface area contributed by atoms with Crippen molar-refractivity contribution in [3.63, 3.8) is 0 Å². The molecule has 5 rings (SSSR count). The van der Waals surface area contributed by atoms with Crippen molar-refractivity contribution in [2.45, 2.75) is 23.9 Å². The van der Waals surface area contributed by atoms with Gasteiger partial charge in [-0.05, 0) is 59.7 Å². The number of methoxy groups -OCH3 is 1. The zero-order chi connectivity index (χ0) is 29.9. The third-order valence-corrected chi connectivity index (χ3v) is 7.43. The van der Waals surface area contributed by atoms with Crippen LogP contribution in [0.4, 0.5) is 36.4 Å². The Morgan fingerprint density at radius 1 is 0.780 bits per heavy atom. The molecule has 2 aliphatic rings. The number of hydrogen-bond acceptors (Lipinski definition) is 5. The maximum Gasteiger partial charge on any atom is 0.416 e. The normalized spacial score (nSPS) is 22.1. The van der Waals surface area contributed by atoms with Gasteiger partial charge in [0.25, 0.3) is 0 Å². The Labute approximate surface area is 227 Å². The number of hydrogen-bond donors (Lipinski definition) is 1. The van der Waals surface area contributed by atoms with Crippen LogP contribution in [0.2, 0.25) is 0 Å². The number of amides is 2. The summed E-state index contributed by atoms with van der Waals surface area (Å²) >= 11 is 0. The molecule has 1 N–H and O–H groups in total. The van der Waals surface area contributed by atoms with E-state index in [1.54, 1.807) is 0 Å². The SMILES string of the molecule is COC(=O)[C@@H]1NC(c2ccc(C(F)(F)F)cc2)(c2ccc(C(F)(F)F)cc2)[C@@H]2C(=O)N(c3ccc(F)cc3)C(=O)[C@@H]21. The zero-order valence-electron chi connectivity index (χ0n) is 20.9. The van der Waals surface area contributed by atoms with Crippen LogP contribution < -0.4 is 10.2 Å². The first-order chi connectivity index (χ1) is 19.2. The average Bonchev–Trinajstić information content (AvgIpc) is 3.42. The van der Waals surface area contributed by atoms with Crippen LogP contribution in [0, 0.1) is 17.7 Å². The van der Waals surface area contributed by atoms with Crippen LogP contribution in [0.3, 0.4) is 0 Å². The fourth-order valence-electron chi connectivity index (χ4n) is 5.62. The van der Waals surface area contributed by atoms with E-state index in [0.29, 0.717) is 0 Å². The third-order valence-electron chi connectivity index (χ3n) is 7.43. The minimum Gasteiger partial charge on any atom is -0.468 e. The Kier molecular flexibility index (Phi) is 6.68. The summed E-state index contributed by atoms with van der Waals surface area (Å²) in [6.45, 7) is 0. The van der Waals surface area contributed by atoms with Crippen molar-refractivity contribution >= 4 is 23.5 Å². The van der Waals surface area contributed by atoms with Crippen LogP contribution in [-0.4, -0.2) is 30.9 Å². The number of nitrogens with one attached hydrogen (secondary N) is 1. The molecule has 2 fully saturated rings. The van der Waals surface area contributed by atoms with Crippen LogP contribution in [0.5, 0.6) is 0 Å². The Balaban J connectivity index is 1.75. The van der Waals surface area contributed by atoms with Crippen molar-refractivity contribution in [1.82, 2.24) is 5.32 Å². The van der Waals surface area contributed by atoms with Crippen molar-refractivity contribution in [2.24, 2.45) is 11.8 Å². The van der Waals surface area contributed by atoms with Gasteiger partial charge in [-0.3, -0.25) is 19.7 Å². The van der Waals surface area contributed by atoms with Crippen LogP contribution in [0.25, 0.3) is 0 Å². The average molecular weight is 580 g/mol.